The van der Waals surface area contributed by atoms with Crippen LogP contribution in [0.5, 0.6) is 0 Å². The Morgan fingerprint density at radius 2 is 2.04 bits per heavy atom. The van der Waals surface area contributed by atoms with E-state index in [0.717, 1.165) is 44.1 Å². The fourth-order valence-electron chi connectivity index (χ4n) is 3.65. The van der Waals surface area contributed by atoms with Gasteiger partial charge in [-0.2, -0.15) is 5.10 Å². The van der Waals surface area contributed by atoms with Gasteiger partial charge in [-0.1, -0.05) is 0 Å². The predicted molar refractivity (Wildman–Crippen MR) is 95.4 cm³/mol. The van der Waals surface area contributed by atoms with E-state index in [1.807, 2.05) is 13.1 Å². The number of methoxy groups -OCH3 is 1. The van der Waals surface area contributed by atoms with E-state index >= 15 is 0 Å². The monoisotopic (exact) mass is 331 g/mol. The number of aryl methyl sites for hydroxylation is 1. The van der Waals surface area contributed by atoms with E-state index in [2.05, 4.69) is 39.5 Å². The molecule has 0 bridgehead atoms. The largest absolute Gasteiger partial charge is 0.383 e. The topological polar surface area (TPSA) is 45.9 Å². The summed E-state index contributed by atoms with van der Waals surface area (Å²) in [5, 5.41) is 4.73. The van der Waals surface area contributed by atoms with Crippen LogP contribution in [0.3, 0.4) is 0 Å². The zero-order valence-electron chi connectivity index (χ0n) is 15.3. The van der Waals surface area contributed by atoms with Crippen LogP contribution in [0.25, 0.3) is 5.65 Å². The summed E-state index contributed by atoms with van der Waals surface area (Å²) in [7, 11) is 5.99. The number of aromatic nitrogens is 3. The SMILES string of the molecule is COCCN1CCC(c2c(CN(C)C)cnc3cc(C)nn23)CC1. The Balaban J connectivity index is 1.86. The van der Waals surface area contributed by atoms with Crippen molar-refractivity contribution in [3.8, 4) is 0 Å². The van der Waals surface area contributed by atoms with E-state index in [-0.39, 0.29) is 0 Å². The normalized spacial score (nSPS) is 17.2. The Kier molecular flexibility index (Phi) is 5.48. The quantitative estimate of drug-likeness (QED) is 0.809. The van der Waals surface area contributed by atoms with Crippen LogP contribution in [0.15, 0.2) is 12.3 Å². The number of nitrogens with zero attached hydrogens (tertiary/aromatic N) is 5. The molecule has 0 radical (unpaired) electrons. The van der Waals surface area contributed by atoms with Gasteiger partial charge < -0.3 is 14.5 Å². The van der Waals surface area contributed by atoms with Gasteiger partial charge in [0, 0.05) is 43.9 Å². The minimum absolute atomic E-state index is 0.545. The zero-order valence-corrected chi connectivity index (χ0v) is 15.3. The molecule has 0 amide bonds. The molecule has 1 aliphatic heterocycles. The smallest absolute Gasteiger partial charge is 0.155 e. The molecule has 1 saturated heterocycles. The summed E-state index contributed by atoms with van der Waals surface area (Å²) in [5.41, 5.74) is 4.65. The van der Waals surface area contributed by atoms with Gasteiger partial charge in [-0.25, -0.2) is 9.50 Å². The highest BCUT2D eigenvalue weighted by molar-refractivity contribution is 5.43. The van der Waals surface area contributed by atoms with E-state index < -0.39 is 0 Å². The molecule has 0 aromatic carbocycles. The first-order valence-electron chi connectivity index (χ1n) is 8.78. The van der Waals surface area contributed by atoms with Crippen LogP contribution in [0.2, 0.25) is 0 Å². The second-order valence-corrected chi connectivity index (χ2v) is 7.07. The van der Waals surface area contributed by atoms with Crippen LogP contribution in [0.4, 0.5) is 0 Å². The number of piperidine rings is 1. The molecule has 132 valence electrons. The Labute approximate surface area is 144 Å². The molecule has 0 aliphatic carbocycles. The van der Waals surface area contributed by atoms with Gasteiger partial charge in [-0.15, -0.1) is 0 Å². The van der Waals surface area contributed by atoms with Crippen molar-refractivity contribution >= 4 is 5.65 Å². The van der Waals surface area contributed by atoms with Gasteiger partial charge in [0.25, 0.3) is 0 Å². The number of likely N-dealkylation sites (tertiary alicyclic amines) is 1. The summed E-state index contributed by atoms with van der Waals surface area (Å²) in [6.45, 7) is 7.03. The lowest BCUT2D eigenvalue weighted by Crippen LogP contribution is -2.36. The summed E-state index contributed by atoms with van der Waals surface area (Å²) in [6, 6.07) is 2.07. The fourth-order valence-corrected chi connectivity index (χ4v) is 3.65. The van der Waals surface area contributed by atoms with E-state index in [1.165, 1.54) is 24.1 Å². The van der Waals surface area contributed by atoms with E-state index in [1.54, 1.807) is 7.11 Å². The molecule has 0 atom stereocenters. The van der Waals surface area contributed by atoms with Crippen molar-refractivity contribution in [3.05, 3.63) is 29.2 Å². The molecule has 0 saturated carbocycles. The van der Waals surface area contributed by atoms with E-state index in [0.29, 0.717) is 5.92 Å². The predicted octanol–water partition coefficient (Wildman–Crippen LogP) is 1.93. The van der Waals surface area contributed by atoms with Crippen LogP contribution in [-0.4, -0.2) is 71.8 Å². The lowest BCUT2D eigenvalue weighted by atomic mass is 9.90. The number of rotatable bonds is 6. The molecule has 0 N–H and O–H groups in total. The van der Waals surface area contributed by atoms with Crippen molar-refractivity contribution in [2.75, 3.05) is 47.4 Å². The fraction of sp³-hybridized carbons (Fsp3) is 0.667. The Morgan fingerprint density at radius 3 is 2.71 bits per heavy atom. The number of hydrogen-bond acceptors (Lipinski definition) is 5. The molecule has 0 spiro atoms. The average Bonchev–Trinajstić information content (AvgIpc) is 2.93. The minimum Gasteiger partial charge on any atom is -0.383 e. The molecular weight excluding hydrogens is 302 g/mol. The molecule has 2 aromatic heterocycles. The number of ether oxygens (including phenoxy) is 1. The van der Waals surface area contributed by atoms with Crippen LogP contribution in [-0.2, 0) is 11.3 Å². The summed E-state index contributed by atoms with van der Waals surface area (Å²) in [6.07, 6.45) is 4.38. The third kappa shape index (κ3) is 3.77. The summed E-state index contributed by atoms with van der Waals surface area (Å²) < 4.78 is 7.30. The lowest BCUT2D eigenvalue weighted by Gasteiger charge is -2.33. The molecule has 24 heavy (non-hydrogen) atoms. The van der Waals surface area contributed by atoms with Crippen molar-refractivity contribution in [2.24, 2.45) is 0 Å². The third-order valence-electron chi connectivity index (χ3n) is 4.80. The van der Waals surface area contributed by atoms with Crippen molar-refractivity contribution in [1.82, 2.24) is 24.4 Å². The highest BCUT2D eigenvalue weighted by Crippen LogP contribution is 2.31. The van der Waals surface area contributed by atoms with Gasteiger partial charge in [0.15, 0.2) is 5.65 Å². The molecule has 0 unspecified atom stereocenters. The summed E-state index contributed by atoms with van der Waals surface area (Å²) in [5.74, 6) is 0.545. The zero-order chi connectivity index (χ0) is 17.1. The second-order valence-electron chi connectivity index (χ2n) is 7.07. The van der Waals surface area contributed by atoms with E-state index in [4.69, 9.17) is 9.84 Å². The molecule has 1 aliphatic rings. The first-order valence-corrected chi connectivity index (χ1v) is 8.78. The Hall–Kier alpha value is -1.50. The standard InChI is InChI=1S/C18H29N5O/c1-14-11-17-19-12-16(13-21(2)3)18(23(17)20-14)15-5-7-22(8-6-15)9-10-24-4/h11-12,15H,5-10,13H2,1-4H3. The molecular formula is C18H29N5O. The Bertz CT molecular complexity index is 673. The van der Waals surface area contributed by atoms with Crippen molar-refractivity contribution < 1.29 is 4.74 Å². The Morgan fingerprint density at radius 1 is 1.29 bits per heavy atom. The molecule has 1 fully saturated rings. The van der Waals surface area contributed by atoms with Gasteiger partial charge in [-0.05, 0) is 47.0 Å². The molecule has 6 heteroatoms. The maximum Gasteiger partial charge on any atom is 0.155 e. The minimum atomic E-state index is 0.545. The van der Waals surface area contributed by atoms with E-state index in [9.17, 15) is 0 Å². The van der Waals surface area contributed by atoms with Gasteiger partial charge in [0.2, 0.25) is 0 Å². The van der Waals surface area contributed by atoms with Crippen molar-refractivity contribution in [1.29, 1.82) is 0 Å². The number of hydrogen-bond donors (Lipinski definition) is 0. The first kappa shape index (κ1) is 17.3. The van der Waals surface area contributed by atoms with Gasteiger partial charge in [0.05, 0.1) is 18.0 Å². The van der Waals surface area contributed by atoms with Crippen LogP contribution < -0.4 is 0 Å². The van der Waals surface area contributed by atoms with Crippen LogP contribution in [0.1, 0.15) is 35.7 Å². The van der Waals surface area contributed by atoms with Gasteiger partial charge in [0.1, 0.15) is 0 Å². The van der Waals surface area contributed by atoms with Crippen molar-refractivity contribution in [3.63, 3.8) is 0 Å². The molecule has 3 heterocycles. The lowest BCUT2D eigenvalue weighted by molar-refractivity contribution is 0.129. The molecule has 2 aromatic rings. The highest BCUT2D eigenvalue weighted by Gasteiger charge is 2.25. The highest BCUT2D eigenvalue weighted by atomic mass is 16.5. The van der Waals surface area contributed by atoms with Crippen LogP contribution in [0, 0.1) is 6.92 Å². The summed E-state index contributed by atoms with van der Waals surface area (Å²) in [4.78, 5) is 9.32. The molecule has 6 nitrogen and oxygen atoms in total. The second kappa shape index (κ2) is 7.59. The maximum absolute atomic E-state index is 5.21. The van der Waals surface area contributed by atoms with Gasteiger partial charge >= 0.3 is 0 Å². The maximum atomic E-state index is 5.21. The average molecular weight is 331 g/mol. The van der Waals surface area contributed by atoms with Crippen molar-refractivity contribution in [2.45, 2.75) is 32.2 Å². The number of fused-ring (bicyclic) bond motifs is 1. The van der Waals surface area contributed by atoms with Gasteiger partial charge in [-0.3, -0.25) is 0 Å². The first-order chi connectivity index (χ1) is 11.6. The summed E-state index contributed by atoms with van der Waals surface area (Å²) >= 11 is 0. The third-order valence-corrected chi connectivity index (χ3v) is 4.80. The van der Waals surface area contributed by atoms with Crippen LogP contribution >= 0.6 is 0 Å². The molecule has 3 rings (SSSR count).